The predicted octanol–water partition coefficient (Wildman–Crippen LogP) is 5.81. The number of nitrogens with one attached hydrogen (secondary N) is 1. The normalized spacial score (nSPS) is 14.0. The molecule has 0 aliphatic carbocycles. The van der Waals surface area contributed by atoms with E-state index < -0.39 is 16.7 Å². The molecule has 10 nitrogen and oxygen atoms in total. The van der Waals surface area contributed by atoms with Crippen molar-refractivity contribution in [2.75, 3.05) is 12.0 Å². The van der Waals surface area contributed by atoms with E-state index in [0.29, 0.717) is 34.1 Å². The highest BCUT2D eigenvalue weighted by atomic mass is 32.1. The summed E-state index contributed by atoms with van der Waals surface area (Å²) in [6.45, 7) is -0.0568. The Morgan fingerprint density at radius 1 is 0.905 bits per heavy atom. The minimum atomic E-state index is -0.640. The molecule has 4 aromatic rings. The minimum Gasteiger partial charge on any atom is -0.496 e. The van der Waals surface area contributed by atoms with Crippen LogP contribution in [0.2, 0.25) is 0 Å². The summed E-state index contributed by atoms with van der Waals surface area (Å²) in [7, 11) is 1.48. The summed E-state index contributed by atoms with van der Waals surface area (Å²) in [4.78, 5) is 38.4. The van der Waals surface area contributed by atoms with Crippen LogP contribution < -0.4 is 24.4 Å². The molecule has 1 saturated heterocycles. The van der Waals surface area contributed by atoms with E-state index in [9.17, 15) is 19.7 Å². The van der Waals surface area contributed by atoms with Gasteiger partial charge in [0.15, 0.2) is 10.9 Å². The van der Waals surface area contributed by atoms with E-state index in [0.717, 1.165) is 0 Å². The van der Waals surface area contributed by atoms with E-state index in [1.165, 1.54) is 30.2 Å². The highest BCUT2D eigenvalue weighted by Crippen LogP contribution is 2.30. The van der Waals surface area contributed by atoms with Gasteiger partial charge in [0.05, 0.1) is 17.7 Å². The molecule has 0 spiro atoms. The van der Waals surface area contributed by atoms with Gasteiger partial charge in [0.2, 0.25) is 0 Å². The van der Waals surface area contributed by atoms with Gasteiger partial charge in [-0.15, -0.1) is 0 Å². The van der Waals surface area contributed by atoms with Crippen molar-refractivity contribution in [1.29, 1.82) is 0 Å². The van der Waals surface area contributed by atoms with Crippen molar-refractivity contribution < 1.29 is 28.7 Å². The lowest BCUT2D eigenvalue weighted by atomic mass is 10.0. The second-order valence-electron chi connectivity index (χ2n) is 8.95. The van der Waals surface area contributed by atoms with Crippen LogP contribution in [0.15, 0.2) is 103 Å². The van der Waals surface area contributed by atoms with Crippen molar-refractivity contribution in [2.45, 2.75) is 6.61 Å². The predicted molar refractivity (Wildman–Crippen MR) is 160 cm³/mol. The van der Waals surface area contributed by atoms with Crippen molar-refractivity contribution in [3.05, 3.63) is 124 Å². The van der Waals surface area contributed by atoms with Gasteiger partial charge in [-0.2, -0.15) is 0 Å². The number of rotatable bonds is 9. The molecule has 1 fully saturated rings. The molecule has 0 unspecified atom stereocenters. The highest BCUT2D eigenvalue weighted by Gasteiger charge is 2.34. The molecule has 1 aliphatic heterocycles. The molecular weight excluding hydrogens is 558 g/mol. The fourth-order valence-electron chi connectivity index (χ4n) is 4.23. The number of anilines is 1. The number of hydrogen-bond acceptors (Lipinski definition) is 8. The van der Waals surface area contributed by atoms with Crippen molar-refractivity contribution in [2.24, 2.45) is 0 Å². The lowest BCUT2D eigenvalue weighted by molar-refractivity contribution is -0.385. The molecule has 2 amide bonds. The van der Waals surface area contributed by atoms with Crippen LogP contribution in [0.4, 0.5) is 11.4 Å². The number of methoxy groups -OCH3 is 1. The molecular formula is C31H23N3O7S. The third-order valence-corrected chi connectivity index (χ3v) is 6.52. The number of hydrogen-bond donors (Lipinski definition) is 1. The molecule has 42 heavy (non-hydrogen) atoms. The van der Waals surface area contributed by atoms with E-state index >= 15 is 0 Å². The van der Waals surface area contributed by atoms with Crippen LogP contribution in [0.3, 0.4) is 0 Å². The first-order valence-corrected chi connectivity index (χ1v) is 13.0. The molecule has 1 N–H and O–H groups in total. The van der Waals surface area contributed by atoms with Gasteiger partial charge < -0.3 is 14.2 Å². The van der Waals surface area contributed by atoms with E-state index in [1.54, 1.807) is 54.6 Å². The fraction of sp³-hybridized carbons (Fsp3) is 0.0645. The van der Waals surface area contributed by atoms with Gasteiger partial charge in [0.1, 0.15) is 29.4 Å². The smallest absolute Gasteiger partial charge is 0.310 e. The number of carbonyl (C=O) groups is 2. The summed E-state index contributed by atoms with van der Waals surface area (Å²) in [5.41, 5.74) is 1.20. The van der Waals surface area contributed by atoms with Gasteiger partial charge in [-0.3, -0.25) is 29.9 Å². The van der Waals surface area contributed by atoms with Crippen LogP contribution in [-0.2, 0) is 16.2 Å². The lowest BCUT2D eigenvalue weighted by Crippen LogP contribution is -2.54. The summed E-state index contributed by atoms with van der Waals surface area (Å²) in [5.74, 6) is 0.551. The van der Waals surface area contributed by atoms with Crippen LogP contribution in [0.5, 0.6) is 23.0 Å². The second kappa shape index (κ2) is 12.3. The lowest BCUT2D eigenvalue weighted by Gasteiger charge is -2.29. The average Bonchev–Trinajstić information content (AvgIpc) is 2.99. The topological polar surface area (TPSA) is 120 Å². The van der Waals surface area contributed by atoms with Gasteiger partial charge in [0.25, 0.3) is 11.8 Å². The molecule has 0 atom stereocenters. The molecule has 4 aromatic carbocycles. The minimum absolute atomic E-state index is 0.0489. The molecule has 1 aliphatic rings. The maximum atomic E-state index is 13.5. The number of nitro benzene ring substituents is 1. The standard InChI is InChI=1S/C31H23N3O7S/c1-39-27-16-11-20(17-21(27)19-40-28-10-6-5-9-26(28)34(37)38)18-25-29(35)32-31(42)33(30(25)36)22-12-14-24(15-13-22)41-23-7-3-2-4-8-23/h2-18H,19H2,1H3,(H,32,35,42). The summed E-state index contributed by atoms with van der Waals surface area (Å²) in [5, 5.41) is 13.9. The van der Waals surface area contributed by atoms with E-state index in [1.807, 2.05) is 30.3 Å². The molecule has 5 rings (SSSR count). The number of nitro groups is 1. The van der Waals surface area contributed by atoms with E-state index in [-0.39, 0.29) is 28.7 Å². The first kappa shape index (κ1) is 28.0. The Bertz CT molecular complexity index is 1710. The van der Waals surface area contributed by atoms with Gasteiger partial charge in [-0.25, -0.2) is 0 Å². The van der Waals surface area contributed by atoms with Crippen molar-refractivity contribution >= 4 is 46.6 Å². The zero-order valence-corrected chi connectivity index (χ0v) is 23.0. The third kappa shape index (κ3) is 6.11. The van der Waals surface area contributed by atoms with Crippen LogP contribution in [0, 0.1) is 10.1 Å². The van der Waals surface area contributed by atoms with Gasteiger partial charge in [-0.1, -0.05) is 36.4 Å². The number of carbonyl (C=O) groups excluding carboxylic acids is 2. The zero-order valence-electron chi connectivity index (χ0n) is 22.2. The average molecular weight is 582 g/mol. The molecule has 0 radical (unpaired) electrons. The Kier molecular flexibility index (Phi) is 8.21. The Hall–Kier alpha value is -5.55. The number of nitrogens with zero attached hydrogens (tertiary/aromatic N) is 2. The molecule has 11 heteroatoms. The first-order chi connectivity index (χ1) is 20.3. The van der Waals surface area contributed by atoms with Crippen LogP contribution in [-0.4, -0.2) is 29.0 Å². The molecule has 0 bridgehead atoms. The number of benzene rings is 4. The van der Waals surface area contributed by atoms with Crippen LogP contribution in [0.1, 0.15) is 11.1 Å². The summed E-state index contributed by atoms with van der Waals surface area (Å²) in [6.07, 6.45) is 1.44. The van der Waals surface area contributed by atoms with E-state index in [4.69, 9.17) is 26.4 Å². The van der Waals surface area contributed by atoms with Crippen LogP contribution in [0.25, 0.3) is 6.08 Å². The molecule has 210 valence electrons. The Morgan fingerprint density at radius 2 is 1.60 bits per heavy atom. The molecule has 1 heterocycles. The van der Waals surface area contributed by atoms with Crippen molar-refractivity contribution in [3.63, 3.8) is 0 Å². The van der Waals surface area contributed by atoms with Gasteiger partial charge in [0, 0.05) is 11.6 Å². The number of thiocarbonyl (C=S) groups is 1. The van der Waals surface area contributed by atoms with Gasteiger partial charge >= 0.3 is 5.69 Å². The zero-order chi connectivity index (χ0) is 29.6. The first-order valence-electron chi connectivity index (χ1n) is 12.6. The maximum Gasteiger partial charge on any atom is 0.310 e. The number of para-hydroxylation sites is 3. The third-order valence-electron chi connectivity index (χ3n) is 6.24. The number of amides is 2. The Labute approximate surface area is 245 Å². The van der Waals surface area contributed by atoms with Gasteiger partial charge in [-0.05, 0) is 78.5 Å². The van der Waals surface area contributed by atoms with Crippen molar-refractivity contribution in [1.82, 2.24) is 5.32 Å². The largest absolute Gasteiger partial charge is 0.496 e. The molecule has 0 saturated carbocycles. The quantitative estimate of drug-likeness (QED) is 0.0865. The highest BCUT2D eigenvalue weighted by molar-refractivity contribution is 7.80. The monoisotopic (exact) mass is 581 g/mol. The van der Waals surface area contributed by atoms with Crippen molar-refractivity contribution in [3.8, 4) is 23.0 Å². The SMILES string of the molecule is COc1ccc(C=C2C(=O)NC(=S)N(c3ccc(Oc4ccccc4)cc3)C2=O)cc1COc1ccccc1[N+](=O)[O-]. The summed E-state index contributed by atoms with van der Waals surface area (Å²) < 4.78 is 17.0. The fourth-order valence-corrected chi connectivity index (χ4v) is 4.51. The summed E-state index contributed by atoms with van der Waals surface area (Å²) >= 11 is 5.32. The van der Waals surface area contributed by atoms with E-state index in [2.05, 4.69) is 5.32 Å². The van der Waals surface area contributed by atoms with Crippen LogP contribution >= 0.6 is 12.2 Å². The Morgan fingerprint density at radius 3 is 2.31 bits per heavy atom. The molecule has 0 aromatic heterocycles. The number of ether oxygens (including phenoxy) is 3. The second-order valence-corrected chi connectivity index (χ2v) is 9.34. The summed E-state index contributed by atoms with van der Waals surface area (Å²) in [6, 6.07) is 27.0. The Balaban J connectivity index is 1.38. The maximum absolute atomic E-state index is 13.5.